The Bertz CT molecular complexity index is 1480. The first-order chi connectivity index (χ1) is 15.5. The lowest BCUT2D eigenvalue weighted by molar-refractivity contribution is 0.369. The fraction of sp³-hybridized carbons (Fsp3) is 0.208. The van der Waals surface area contributed by atoms with Gasteiger partial charge >= 0.3 is 0 Å². The van der Waals surface area contributed by atoms with E-state index in [0.717, 1.165) is 23.2 Å². The second kappa shape index (κ2) is 7.88. The average molecular weight is 426 g/mol. The summed E-state index contributed by atoms with van der Waals surface area (Å²) >= 11 is 0. The topological polar surface area (TPSA) is 91.6 Å². The highest BCUT2D eigenvalue weighted by atomic mass is 16.5. The molecule has 5 rings (SSSR count). The van der Waals surface area contributed by atoms with E-state index in [1.807, 2.05) is 49.4 Å². The number of fused-ring (bicyclic) bond motifs is 1. The number of aryl methyl sites for hydroxylation is 3. The van der Waals surface area contributed by atoms with Gasteiger partial charge in [-0.15, -0.1) is 0 Å². The van der Waals surface area contributed by atoms with E-state index in [2.05, 4.69) is 34.1 Å². The van der Waals surface area contributed by atoms with Crippen molar-refractivity contribution in [2.45, 2.75) is 33.7 Å². The molecule has 0 atom stereocenters. The molecule has 0 amide bonds. The minimum absolute atomic E-state index is 0.135. The van der Waals surface area contributed by atoms with Crippen LogP contribution in [0.25, 0.3) is 28.1 Å². The maximum Gasteiger partial charge on any atom is 0.264 e. The van der Waals surface area contributed by atoms with Crippen molar-refractivity contribution in [2.75, 3.05) is 0 Å². The van der Waals surface area contributed by atoms with Crippen molar-refractivity contribution in [3.8, 4) is 17.1 Å². The molecule has 0 unspecified atom stereocenters. The molecule has 2 aromatic carbocycles. The fourth-order valence-electron chi connectivity index (χ4n) is 3.59. The molecule has 0 spiro atoms. The third-order valence-electron chi connectivity index (χ3n) is 5.68. The van der Waals surface area contributed by atoms with E-state index >= 15 is 0 Å². The molecule has 5 aromatic rings. The van der Waals surface area contributed by atoms with Gasteiger partial charge in [0.2, 0.25) is 11.7 Å². The number of benzene rings is 2. The van der Waals surface area contributed by atoms with Crippen LogP contribution in [0.15, 0.2) is 64.3 Å². The number of rotatable bonds is 5. The number of hydrogen-bond donors (Lipinski definition) is 0. The van der Waals surface area contributed by atoms with Gasteiger partial charge in [-0.3, -0.25) is 9.36 Å². The summed E-state index contributed by atoms with van der Waals surface area (Å²) in [4.78, 5) is 21.9. The minimum Gasteiger partial charge on any atom is -0.337 e. The molecule has 0 N–H and O–H groups in total. The Balaban J connectivity index is 1.44. The fourth-order valence-corrected chi connectivity index (χ4v) is 3.59. The van der Waals surface area contributed by atoms with Gasteiger partial charge in [-0.25, -0.2) is 9.67 Å². The molecule has 0 radical (unpaired) electrons. The standard InChI is InChI=1S/C24H22N6O2/c1-4-17-6-9-19(10-7-17)30-23-20(12-26-30)24(31)29(14-25-23)13-21-27-22(28-32-21)18-8-5-15(2)16(3)11-18/h5-12,14H,4,13H2,1-3H3. The van der Waals surface area contributed by atoms with E-state index < -0.39 is 0 Å². The Labute approximate surface area is 184 Å². The van der Waals surface area contributed by atoms with Crippen molar-refractivity contribution < 1.29 is 4.52 Å². The van der Waals surface area contributed by atoms with Crippen LogP contribution in [0.5, 0.6) is 0 Å². The molecule has 8 heteroatoms. The summed E-state index contributed by atoms with van der Waals surface area (Å²) in [5.41, 5.74) is 5.62. The van der Waals surface area contributed by atoms with E-state index in [-0.39, 0.29) is 12.1 Å². The molecule has 3 heterocycles. The Morgan fingerprint density at radius 3 is 2.59 bits per heavy atom. The lowest BCUT2D eigenvalue weighted by atomic mass is 10.1. The zero-order chi connectivity index (χ0) is 22.2. The Kier molecular flexibility index (Phi) is 4.89. The Morgan fingerprint density at radius 2 is 1.84 bits per heavy atom. The van der Waals surface area contributed by atoms with Crippen molar-refractivity contribution >= 4 is 11.0 Å². The Hall–Kier alpha value is -4.07. The van der Waals surface area contributed by atoms with Crippen LogP contribution in [0.1, 0.15) is 29.5 Å². The minimum atomic E-state index is -0.211. The summed E-state index contributed by atoms with van der Waals surface area (Å²) in [5, 5.41) is 8.87. The lowest BCUT2D eigenvalue weighted by Gasteiger charge is -2.05. The second-order valence-electron chi connectivity index (χ2n) is 7.80. The smallest absolute Gasteiger partial charge is 0.264 e. The summed E-state index contributed by atoms with van der Waals surface area (Å²) in [6.45, 7) is 6.34. The molecule has 3 aromatic heterocycles. The normalized spacial score (nSPS) is 11.3. The van der Waals surface area contributed by atoms with Crippen LogP contribution in [-0.2, 0) is 13.0 Å². The molecule has 0 aliphatic carbocycles. The van der Waals surface area contributed by atoms with Crippen LogP contribution in [0.4, 0.5) is 0 Å². The molecule has 0 aliphatic heterocycles. The van der Waals surface area contributed by atoms with Crippen LogP contribution >= 0.6 is 0 Å². The Morgan fingerprint density at radius 1 is 1.03 bits per heavy atom. The van der Waals surface area contributed by atoms with Crippen LogP contribution in [0, 0.1) is 13.8 Å². The van der Waals surface area contributed by atoms with Gasteiger partial charge < -0.3 is 4.52 Å². The molecular weight excluding hydrogens is 404 g/mol. The first kappa shape index (κ1) is 19.9. The molecule has 160 valence electrons. The zero-order valence-electron chi connectivity index (χ0n) is 18.1. The second-order valence-corrected chi connectivity index (χ2v) is 7.80. The predicted molar refractivity (Wildman–Crippen MR) is 121 cm³/mol. The van der Waals surface area contributed by atoms with Gasteiger partial charge in [-0.2, -0.15) is 10.1 Å². The molecule has 8 nitrogen and oxygen atoms in total. The molecular formula is C24H22N6O2. The largest absolute Gasteiger partial charge is 0.337 e. The van der Waals surface area contributed by atoms with Gasteiger partial charge in [-0.05, 0) is 55.2 Å². The summed E-state index contributed by atoms with van der Waals surface area (Å²) in [6.07, 6.45) is 4.00. The predicted octanol–water partition coefficient (Wildman–Crippen LogP) is 3.86. The lowest BCUT2D eigenvalue weighted by Crippen LogP contribution is -2.21. The molecule has 0 saturated heterocycles. The maximum atomic E-state index is 13.0. The van der Waals surface area contributed by atoms with Crippen LogP contribution in [0.3, 0.4) is 0 Å². The first-order valence-corrected chi connectivity index (χ1v) is 10.5. The van der Waals surface area contributed by atoms with Crippen LogP contribution in [-0.4, -0.2) is 29.5 Å². The van der Waals surface area contributed by atoms with Crippen LogP contribution < -0.4 is 5.56 Å². The van der Waals surface area contributed by atoms with Gasteiger partial charge in [0.15, 0.2) is 5.65 Å². The van der Waals surface area contributed by atoms with E-state index in [1.54, 1.807) is 10.9 Å². The van der Waals surface area contributed by atoms with Gasteiger partial charge in [0.05, 0.1) is 11.9 Å². The van der Waals surface area contributed by atoms with Crippen molar-refractivity contribution in [3.63, 3.8) is 0 Å². The highest BCUT2D eigenvalue weighted by molar-refractivity contribution is 5.75. The molecule has 0 fully saturated rings. The first-order valence-electron chi connectivity index (χ1n) is 10.5. The monoisotopic (exact) mass is 426 g/mol. The maximum absolute atomic E-state index is 13.0. The van der Waals surface area contributed by atoms with E-state index in [0.29, 0.717) is 22.7 Å². The highest BCUT2D eigenvalue weighted by Crippen LogP contribution is 2.20. The number of hydrogen-bond acceptors (Lipinski definition) is 6. The SMILES string of the molecule is CCc1ccc(-n2ncc3c(=O)n(Cc4nc(-c5ccc(C)c(C)c5)no4)cnc32)cc1. The summed E-state index contributed by atoms with van der Waals surface area (Å²) in [7, 11) is 0. The third kappa shape index (κ3) is 3.49. The van der Waals surface area contributed by atoms with E-state index in [1.165, 1.54) is 22.0 Å². The van der Waals surface area contributed by atoms with Crippen molar-refractivity contribution in [1.82, 2.24) is 29.5 Å². The van der Waals surface area contributed by atoms with Gasteiger partial charge in [0.1, 0.15) is 18.3 Å². The van der Waals surface area contributed by atoms with Crippen molar-refractivity contribution in [3.05, 3.63) is 87.9 Å². The zero-order valence-corrected chi connectivity index (χ0v) is 18.1. The number of nitrogens with zero attached hydrogens (tertiary/aromatic N) is 6. The van der Waals surface area contributed by atoms with Crippen LogP contribution in [0.2, 0.25) is 0 Å². The summed E-state index contributed by atoms with van der Waals surface area (Å²) in [5.74, 6) is 0.831. The van der Waals surface area contributed by atoms with Crippen molar-refractivity contribution in [1.29, 1.82) is 0 Å². The molecule has 0 aliphatic rings. The quantitative estimate of drug-likeness (QED) is 0.424. The molecule has 0 saturated carbocycles. The van der Waals surface area contributed by atoms with E-state index in [9.17, 15) is 4.79 Å². The summed E-state index contributed by atoms with van der Waals surface area (Å²) < 4.78 is 8.51. The third-order valence-corrected chi connectivity index (χ3v) is 5.68. The van der Waals surface area contributed by atoms with Gasteiger partial charge in [-0.1, -0.05) is 36.3 Å². The van der Waals surface area contributed by atoms with E-state index in [4.69, 9.17) is 4.52 Å². The van der Waals surface area contributed by atoms with Gasteiger partial charge in [0.25, 0.3) is 5.56 Å². The van der Waals surface area contributed by atoms with Gasteiger partial charge in [0, 0.05) is 5.56 Å². The highest BCUT2D eigenvalue weighted by Gasteiger charge is 2.15. The molecule has 32 heavy (non-hydrogen) atoms. The average Bonchev–Trinajstić information content (AvgIpc) is 3.45. The van der Waals surface area contributed by atoms with Crippen molar-refractivity contribution in [2.24, 2.45) is 0 Å². The molecule has 0 bridgehead atoms. The summed E-state index contributed by atoms with van der Waals surface area (Å²) in [6, 6.07) is 14.1. The number of aromatic nitrogens is 6.